The van der Waals surface area contributed by atoms with Gasteiger partial charge in [0.15, 0.2) is 5.78 Å². The van der Waals surface area contributed by atoms with E-state index in [0.717, 1.165) is 16.7 Å². The largest absolute Gasteiger partial charge is 0.295 e. The number of carbonyl (C=O) groups excluding carboxylic acids is 1. The number of benzene rings is 2. The second kappa shape index (κ2) is 9.98. The average molecular weight is 449 g/mol. The molecular weight excluding hydrogens is 433 g/mol. The Bertz CT molecular complexity index is 548. The maximum atomic E-state index is 11.7. The van der Waals surface area contributed by atoms with Crippen LogP contribution in [0.15, 0.2) is 66.2 Å². The van der Waals surface area contributed by atoms with Gasteiger partial charge >= 0.3 is 0 Å². The number of rotatable bonds is 4. The van der Waals surface area contributed by atoms with Crippen LogP contribution in [0.2, 0.25) is 0 Å². The van der Waals surface area contributed by atoms with E-state index >= 15 is 0 Å². The molecule has 0 heterocycles. The first-order chi connectivity index (χ1) is 8.75. The first-order valence-electron chi connectivity index (χ1n) is 6.06. The van der Waals surface area contributed by atoms with Crippen LogP contribution in [0.4, 0.5) is 0 Å². The van der Waals surface area contributed by atoms with Crippen LogP contribution in [-0.2, 0) is 52.1 Å². The quantitative estimate of drug-likeness (QED) is 0.512. The molecule has 2 aromatic carbocycles. The summed E-state index contributed by atoms with van der Waals surface area (Å²) in [4.78, 5) is 11.7. The number of carbonyl (C=O) groups is 1. The van der Waals surface area contributed by atoms with Crippen molar-refractivity contribution in [2.75, 3.05) is 0 Å². The van der Waals surface area contributed by atoms with Crippen LogP contribution >= 0.6 is 0 Å². The van der Waals surface area contributed by atoms with Gasteiger partial charge in [-0.3, -0.25) is 4.79 Å². The zero-order chi connectivity index (χ0) is 12.8. The minimum Gasteiger partial charge on any atom is -0.295 e. The van der Waals surface area contributed by atoms with Crippen molar-refractivity contribution in [2.45, 2.75) is 13.3 Å². The minimum atomic E-state index is 0. The second-order valence-corrected chi connectivity index (χ2v) is 4.30. The van der Waals surface area contributed by atoms with Gasteiger partial charge < -0.3 is 0 Å². The molecular formula is C17H16OPd2. The van der Waals surface area contributed by atoms with E-state index in [1.165, 1.54) is 0 Å². The summed E-state index contributed by atoms with van der Waals surface area (Å²) in [6.07, 6.45) is 2.65. The predicted octanol–water partition coefficient (Wildman–Crippen LogP) is 3.90. The van der Waals surface area contributed by atoms with E-state index in [-0.39, 0.29) is 46.6 Å². The van der Waals surface area contributed by atoms with Crippen molar-refractivity contribution in [2.24, 2.45) is 0 Å². The van der Waals surface area contributed by atoms with E-state index in [9.17, 15) is 4.79 Å². The Kier molecular flexibility index (Phi) is 9.57. The third-order valence-electron chi connectivity index (χ3n) is 2.83. The van der Waals surface area contributed by atoms with Crippen LogP contribution in [-0.4, -0.2) is 5.78 Å². The van der Waals surface area contributed by atoms with E-state index in [1.54, 1.807) is 6.92 Å². The van der Waals surface area contributed by atoms with Crippen molar-refractivity contribution in [3.63, 3.8) is 0 Å². The van der Waals surface area contributed by atoms with E-state index in [1.807, 2.05) is 66.7 Å². The van der Waals surface area contributed by atoms with E-state index in [0.29, 0.717) is 6.42 Å². The van der Waals surface area contributed by atoms with Crippen molar-refractivity contribution < 1.29 is 45.6 Å². The van der Waals surface area contributed by atoms with Crippen LogP contribution in [0.3, 0.4) is 0 Å². The topological polar surface area (TPSA) is 17.1 Å². The van der Waals surface area contributed by atoms with Gasteiger partial charge in [0.05, 0.1) is 0 Å². The summed E-state index contributed by atoms with van der Waals surface area (Å²) in [5.74, 6) is 0.128. The van der Waals surface area contributed by atoms with Crippen LogP contribution in [0.5, 0.6) is 0 Å². The first-order valence-corrected chi connectivity index (χ1v) is 6.06. The molecule has 0 aromatic heterocycles. The Morgan fingerprint density at radius 2 is 1.40 bits per heavy atom. The third-order valence-corrected chi connectivity index (χ3v) is 2.83. The van der Waals surface area contributed by atoms with Gasteiger partial charge in [-0.1, -0.05) is 60.7 Å². The van der Waals surface area contributed by atoms with E-state index < -0.39 is 0 Å². The summed E-state index contributed by atoms with van der Waals surface area (Å²) in [6, 6.07) is 20.0. The number of ketones is 1. The predicted molar refractivity (Wildman–Crippen MR) is 75.2 cm³/mol. The molecule has 3 heteroatoms. The molecule has 0 N–H and O–H groups in total. The molecule has 0 unspecified atom stereocenters. The van der Waals surface area contributed by atoms with E-state index in [2.05, 4.69) is 0 Å². The van der Waals surface area contributed by atoms with Gasteiger partial charge in [0.25, 0.3) is 0 Å². The maximum Gasteiger partial charge on any atom is 0.156 e. The van der Waals surface area contributed by atoms with Gasteiger partial charge in [-0.05, 0) is 29.7 Å². The van der Waals surface area contributed by atoms with Crippen LogP contribution in [0.1, 0.15) is 18.1 Å². The van der Waals surface area contributed by atoms with Crippen molar-refractivity contribution in [3.05, 3.63) is 77.4 Å². The first kappa shape index (κ1) is 19.2. The molecule has 1 nitrogen and oxygen atoms in total. The smallest absolute Gasteiger partial charge is 0.156 e. The summed E-state index contributed by atoms with van der Waals surface area (Å²) in [7, 11) is 0. The third kappa shape index (κ3) is 6.08. The molecule has 0 radical (unpaired) electrons. The molecule has 0 atom stereocenters. The minimum absolute atomic E-state index is 0. The summed E-state index contributed by atoms with van der Waals surface area (Å²) in [5.41, 5.74) is 3.07. The van der Waals surface area contributed by atoms with Crippen LogP contribution in [0, 0.1) is 0 Å². The number of hydrogen-bond acceptors (Lipinski definition) is 1. The maximum absolute atomic E-state index is 11.7. The number of allylic oxidation sites excluding steroid dienone is 1. The second-order valence-electron chi connectivity index (χ2n) is 4.30. The molecule has 2 aromatic rings. The Balaban J connectivity index is 0.00000180. The van der Waals surface area contributed by atoms with Gasteiger partial charge in [-0.25, -0.2) is 0 Å². The Morgan fingerprint density at radius 3 is 1.90 bits per heavy atom. The molecule has 0 fully saturated rings. The van der Waals surface area contributed by atoms with Crippen molar-refractivity contribution in [1.82, 2.24) is 0 Å². The van der Waals surface area contributed by atoms with E-state index in [4.69, 9.17) is 0 Å². The molecule has 0 amide bonds. The molecule has 0 aliphatic rings. The number of Topliss-reactive ketones (excluding diaryl/α,β-unsaturated/α-hetero) is 1. The standard InChI is InChI=1S/C17H16O.2Pd/c1-14(18)17(12-15-8-4-2-5-9-15)13-16-10-6-3-7-11-16;;/h2-12H,13H2,1H3;;. The molecule has 20 heavy (non-hydrogen) atoms. The molecule has 0 saturated heterocycles. The zero-order valence-corrected chi connectivity index (χ0v) is 14.2. The van der Waals surface area contributed by atoms with Gasteiger partial charge in [-0.2, -0.15) is 0 Å². The van der Waals surface area contributed by atoms with Gasteiger partial charge in [0, 0.05) is 47.3 Å². The normalized spacial score (nSPS) is 10.2. The monoisotopic (exact) mass is 448 g/mol. The van der Waals surface area contributed by atoms with Gasteiger partial charge in [0.1, 0.15) is 0 Å². The fourth-order valence-electron chi connectivity index (χ4n) is 1.84. The van der Waals surface area contributed by atoms with Gasteiger partial charge in [-0.15, -0.1) is 0 Å². The summed E-state index contributed by atoms with van der Waals surface area (Å²) >= 11 is 0. The number of hydrogen-bond donors (Lipinski definition) is 0. The molecule has 0 saturated carbocycles. The average Bonchev–Trinajstić information content (AvgIpc) is 2.40. The van der Waals surface area contributed by atoms with Crippen LogP contribution < -0.4 is 0 Å². The van der Waals surface area contributed by atoms with Crippen molar-refractivity contribution >= 4 is 11.9 Å². The fourth-order valence-corrected chi connectivity index (χ4v) is 1.84. The molecule has 0 aliphatic carbocycles. The summed E-state index contributed by atoms with van der Waals surface area (Å²) < 4.78 is 0. The summed E-state index contributed by atoms with van der Waals surface area (Å²) in [6.45, 7) is 1.62. The Labute approximate surface area is 147 Å². The molecule has 0 bridgehead atoms. The molecule has 110 valence electrons. The molecule has 2 rings (SSSR count). The zero-order valence-electron chi connectivity index (χ0n) is 11.1. The Morgan fingerprint density at radius 1 is 0.900 bits per heavy atom. The van der Waals surface area contributed by atoms with Crippen LogP contribution in [0.25, 0.3) is 6.08 Å². The van der Waals surface area contributed by atoms with Gasteiger partial charge in [0.2, 0.25) is 0 Å². The SMILES string of the molecule is CC(=O)C(=Cc1ccccc1)Cc1ccccc1.[Pd].[Pd]. The fraction of sp³-hybridized carbons (Fsp3) is 0.118. The molecule has 0 spiro atoms. The molecule has 0 aliphatic heterocycles. The Hall–Kier alpha value is -0.825. The summed E-state index contributed by atoms with van der Waals surface area (Å²) in [5, 5.41) is 0. The van der Waals surface area contributed by atoms with Crippen molar-refractivity contribution in [1.29, 1.82) is 0 Å². The van der Waals surface area contributed by atoms with Crippen molar-refractivity contribution in [3.8, 4) is 0 Å².